The van der Waals surface area contributed by atoms with Crippen LogP contribution in [0.25, 0.3) is 21.3 Å². The summed E-state index contributed by atoms with van der Waals surface area (Å²) in [4.78, 5) is 36.7. The maximum Gasteiger partial charge on any atom is 0.317 e. The summed E-state index contributed by atoms with van der Waals surface area (Å²) in [6.07, 6.45) is 3.39. The maximum atomic E-state index is 12.8. The number of nitrogens with zero attached hydrogens (tertiary/aromatic N) is 5. The first-order valence-electron chi connectivity index (χ1n) is 9.49. The number of aromatic nitrogens is 4. The monoisotopic (exact) mass is 425 g/mol. The average Bonchev–Trinajstić information content (AvgIpc) is 3.21. The highest BCUT2D eigenvalue weighted by atomic mass is 32.1. The first-order chi connectivity index (χ1) is 14.0. The number of aryl methyl sites for hydroxylation is 1. The van der Waals surface area contributed by atoms with Crippen molar-refractivity contribution in [1.29, 1.82) is 0 Å². The molecule has 0 aliphatic carbocycles. The number of thiophene rings is 1. The molecule has 1 fully saturated rings. The normalized spacial score (nSPS) is 15.4. The Labute approximate surface area is 172 Å². The predicted molar refractivity (Wildman–Crippen MR) is 121 cm³/mol. The van der Waals surface area contributed by atoms with Crippen molar-refractivity contribution in [1.82, 2.24) is 19.1 Å². The van der Waals surface area contributed by atoms with Crippen molar-refractivity contribution in [3.05, 3.63) is 56.5 Å². The number of rotatable bonds is 2. The molecule has 7 nitrogen and oxygen atoms in total. The Balaban J connectivity index is 1.48. The van der Waals surface area contributed by atoms with Gasteiger partial charge in [0.1, 0.15) is 0 Å². The molecule has 9 heteroatoms. The Kier molecular flexibility index (Phi) is 4.48. The summed E-state index contributed by atoms with van der Waals surface area (Å²) in [5, 5.41) is 3.00. The summed E-state index contributed by atoms with van der Waals surface area (Å²) in [5.41, 5.74) is 1.60. The number of piperidine rings is 1. The molecule has 148 valence electrons. The fourth-order valence-electron chi connectivity index (χ4n) is 4.07. The molecule has 1 aliphatic heterocycles. The van der Waals surface area contributed by atoms with Crippen LogP contribution >= 0.6 is 20.6 Å². The van der Waals surface area contributed by atoms with Gasteiger partial charge in [-0.3, -0.25) is 14.2 Å². The van der Waals surface area contributed by atoms with E-state index in [1.165, 1.54) is 4.57 Å². The molecule has 4 heterocycles. The SMILES string of the molecule is Cn1c(=O)c(=O)n(C2CCN(c3ncc4sccc4n3)CC2)c2ccc(P)cc21. The van der Waals surface area contributed by atoms with Crippen LogP contribution in [0, 0.1) is 0 Å². The van der Waals surface area contributed by atoms with Gasteiger partial charge in [-0.25, -0.2) is 9.97 Å². The highest BCUT2D eigenvalue weighted by molar-refractivity contribution is 7.27. The molecular weight excluding hydrogens is 405 g/mol. The molecule has 5 rings (SSSR count). The Hall–Kier alpha value is -2.57. The molecule has 29 heavy (non-hydrogen) atoms. The van der Waals surface area contributed by atoms with Gasteiger partial charge in [0, 0.05) is 26.2 Å². The first-order valence-corrected chi connectivity index (χ1v) is 10.9. The Morgan fingerprint density at radius 1 is 1.10 bits per heavy atom. The van der Waals surface area contributed by atoms with Crippen LogP contribution in [0.1, 0.15) is 18.9 Å². The molecule has 3 aromatic heterocycles. The minimum Gasteiger partial charge on any atom is -0.341 e. The van der Waals surface area contributed by atoms with E-state index in [-0.39, 0.29) is 6.04 Å². The zero-order valence-corrected chi connectivity index (χ0v) is 17.9. The number of benzene rings is 1. The van der Waals surface area contributed by atoms with Crippen molar-refractivity contribution in [2.24, 2.45) is 7.05 Å². The quantitative estimate of drug-likeness (QED) is 0.363. The molecule has 1 atom stereocenters. The topological polar surface area (TPSA) is 73.0 Å². The van der Waals surface area contributed by atoms with Crippen LogP contribution in [-0.4, -0.2) is 32.2 Å². The smallest absolute Gasteiger partial charge is 0.317 e. The van der Waals surface area contributed by atoms with Gasteiger partial charge in [-0.05, 0) is 41.7 Å². The second-order valence-corrected chi connectivity index (χ2v) is 8.96. The summed E-state index contributed by atoms with van der Waals surface area (Å²) in [7, 11) is 4.29. The zero-order valence-electron chi connectivity index (χ0n) is 15.9. The second-order valence-electron chi connectivity index (χ2n) is 7.35. The van der Waals surface area contributed by atoms with Crippen LogP contribution < -0.4 is 21.3 Å². The van der Waals surface area contributed by atoms with Gasteiger partial charge in [0.2, 0.25) is 5.95 Å². The molecule has 0 amide bonds. The minimum absolute atomic E-state index is 0.0182. The van der Waals surface area contributed by atoms with E-state index in [4.69, 9.17) is 0 Å². The highest BCUT2D eigenvalue weighted by Gasteiger charge is 2.25. The molecule has 0 saturated carbocycles. The van der Waals surface area contributed by atoms with Crippen LogP contribution in [0.4, 0.5) is 5.95 Å². The number of fused-ring (bicyclic) bond motifs is 2. The van der Waals surface area contributed by atoms with Crippen molar-refractivity contribution in [2.75, 3.05) is 18.0 Å². The lowest BCUT2D eigenvalue weighted by Gasteiger charge is -2.33. The van der Waals surface area contributed by atoms with Gasteiger partial charge in [-0.15, -0.1) is 20.6 Å². The third-order valence-corrected chi connectivity index (χ3v) is 6.83. The van der Waals surface area contributed by atoms with Gasteiger partial charge in [0.05, 0.1) is 27.4 Å². The van der Waals surface area contributed by atoms with Gasteiger partial charge < -0.3 is 9.47 Å². The van der Waals surface area contributed by atoms with Gasteiger partial charge in [-0.2, -0.15) is 0 Å². The molecule has 0 radical (unpaired) electrons. The van der Waals surface area contributed by atoms with Crippen molar-refractivity contribution in [2.45, 2.75) is 18.9 Å². The van der Waals surface area contributed by atoms with Crippen molar-refractivity contribution < 1.29 is 0 Å². The molecule has 0 bridgehead atoms. The van der Waals surface area contributed by atoms with E-state index >= 15 is 0 Å². The van der Waals surface area contributed by atoms with Crippen LogP contribution in [0.5, 0.6) is 0 Å². The summed E-state index contributed by atoms with van der Waals surface area (Å²) in [6.45, 7) is 1.48. The molecule has 4 aromatic rings. The van der Waals surface area contributed by atoms with Crippen LogP contribution in [0.2, 0.25) is 0 Å². The zero-order chi connectivity index (χ0) is 20.1. The molecule has 0 spiro atoms. The second kappa shape index (κ2) is 7.04. The van der Waals surface area contributed by atoms with Crippen LogP contribution in [0.15, 0.2) is 45.4 Å². The lowest BCUT2D eigenvalue weighted by Crippen LogP contribution is -2.45. The van der Waals surface area contributed by atoms with E-state index in [2.05, 4.69) is 24.1 Å². The third-order valence-electron chi connectivity index (χ3n) is 5.63. The van der Waals surface area contributed by atoms with E-state index in [9.17, 15) is 9.59 Å². The Bertz CT molecular complexity index is 1350. The first kappa shape index (κ1) is 18.5. The van der Waals surface area contributed by atoms with Gasteiger partial charge in [0.25, 0.3) is 0 Å². The Morgan fingerprint density at radius 3 is 2.69 bits per heavy atom. The lowest BCUT2D eigenvalue weighted by molar-refractivity contribution is 0.391. The number of hydrogen-bond acceptors (Lipinski definition) is 6. The molecule has 1 aliphatic rings. The van der Waals surface area contributed by atoms with Crippen LogP contribution in [-0.2, 0) is 7.05 Å². The van der Waals surface area contributed by atoms with E-state index < -0.39 is 11.1 Å². The molecule has 1 unspecified atom stereocenters. The maximum absolute atomic E-state index is 12.8. The van der Waals surface area contributed by atoms with E-state index in [0.717, 1.165) is 58.4 Å². The average molecular weight is 425 g/mol. The van der Waals surface area contributed by atoms with Crippen LogP contribution in [0.3, 0.4) is 0 Å². The van der Waals surface area contributed by atoms with Crippen molar-refractivity contribution >= 4 is 53.1 Å². The van der Waals surface area contributed by atoms with Gasteiger partial charge in [0.15, 0.2) is 0 Å². The summed E-state index contributed by atoms with van der Waals surface area (Å²) < 4.78 is 4.22. The van der Waals surface area contributed by atoms with E-state index in [1.807, 2.05) is 35.8 Å². The standard InChI is InChI=1S/C20H20N5O2PS/c1-23-16-10-13(28)2-3-15(16)25(19(27)18(23)26)12-4-7-24(8-5-12)20-21-11-17-14(22-20)6-9-29-17/h2-3,6,9-12H,4-5,7-8,28H2,1H3. The molecule has 0 N–H and O–H groups in total. The lowest BCUT2D eigenvalue weighted by atomic mass is 10.0. The highest BCUT2D eigenvalue weighted by Crippen LogP contribution is 2.27. The minimum atomic E-state index is -0.484. The van der Waals surface area contributed by atoms with E-state index in [1.54, 1.807) is 23.0 Å². The fourth-order valence-corrected chi connectivity index (χ4v) is 5.02. The van der Waals surface area contributed by atoms with Gasteiger partial charge in [-0.1, -0.05) is 6.07 Å². The Morgan fingerprint density at radius 2 is 1.90 bits per heavy atom. The summed E-state index contributed by atoms with van der Waals surface area (Å²) in [6, 6.07) is 7.79. The molecular formula is C20H20N5O2PS. The summed E-state index contributed by atoms with van der Waals surface area (Å²) >= 11 is 1.63. The number of anilines is 1. The third kappa shape index (κ3) is 3.07. The number of hydrogen-bond donors (Lipinski definition) is 0. The summed E-state index contributed by atoms with van der Waals surface area (Å²) in [5.74, 6) is 0.725. The largest absolute Gasteiger partial charge is 0.341 e. The van der Waals surface area contributed by atoms with Crippen molar-refractivity contribution in [3.63, 3.8) is 0 Å². The van der Waals surface area contributed by atoms with Crippen molar-refractivity contribution in [3.8, 4) is 0 Å². The predicted octanol–water partition coefficient (Wildman–Crippen LogP) is 2.05. The molecule has 1 aromatic carbocycles. The van der Waals surface area contributed by atoms with Gasteiger partial charge >= 0.3 is 11.1 Å². The van der Waals surface area contributed by atoms with E-state index in [0.29, 0.717) is 0 Å². The fraction of sp³-hybridized carbons (Fsp3) is 0.300. The molecule has 1 saturated heterocycles.